The van der Waals surface area contributed by atoms with Gasteiger partial charge in [0.2, 0.25) is 5.91 Å². The van der Waals surface area contributed by atoms with Gasteiger partial charge in [0.25, 0.3) is 5.69 Å². The van der Waals surface area contributed by atoms with Crippen LogP contribution in [-0.4, -0.2) is 23.9 Å². The first-order valence-electron chi connectivity index (χ1n) is 6.12. The van der Waals surface area contributed by atoms with Crippen LogP contribution in [0.1, 0.15) is 18.9 Å². The first kappa shape index (κ1) is 16.7. The molecule has 2 N–H and O–H groups in total. The summed E-state index contributed by atoms with van der Waals surface area (Å²) in [7, 11) is 0. The molecule has 1 rings (SSSR count). The van der Waals surface area contributed by atoms with E-state index in [0.717, 1.165) is 6.07 Å². The highest BCUT2D eigenvalue weighted by atomic mass is 19.4. The fourth-order valence-corrected chi connectivity index (χ4v) is 1.64. The number of carbonyl (C=O) groups is 1. The normalized spacial score (nSPS) is 11.0. The van der Waals surface area contributed by atoms with E-state index in [1.807, 2.05) is 0 Å². The van der Waals surface area contributed by atoms with E-state index < -0.39 is 22.4 Å². The molecular formula is C12H14F3N3O3. The van der Waals surface area contributed by atoms with Crippen molar-refractivity contribution in [1.29, 1.82) is 0 Å². The van der Waals surface area contributed by atoms with E-state index in [0.29, 0.717) is 12.6 Å². The number of hydrogen-bond donors (Lipinski definition) is 2. The molecule has 0 aliphatic rings. The van der Waals surface area contributed by atoms with Crippen molar-refractivity contribution in [2.24, 2.45) is 0 Å². The maximum atomic E-state index is 12.7. The summed E-state index contributed by atoms with van der Waals surface area (Å²) >= 11 is 0. The van der Waals surface area contributed by atoms with Crippen LogP contribution in [0.15, 0.2) is 18.2 Å². The molecule has 0 heterocycles. The molecule has 116 valence electrons. The highest BCUT2D eigenvalue weighted by Crippen LogP contribution is 2.37. The van der Waals surface area contributed by atoms with Gasteiger partial charge < -0.3 is 10.6 Å². The summed E-state index contributed by atoms with van der Waals surface area (Å²) in [6.45, 7) is 2.34. The lowest BCUT2D eigenvalue weighted by Gasteiger charge is -2.11. The number of nitro groups is 1. The fourth-order valence-electron chi connectivity index (χ4n) is 1.64. The number of benzene rings is 1. The summed E-state index contributed by atoms with van der Waals surface area (Å²) in [5.74, 6) is -0.233. The molecule has 1 aromatic carbocycles. The van der Waals surface area contributed by atoms with Crippen LogP contribution >= 0.6 is 0 Å². The average Bonchev–Trinajstić information content (AvgIpc) is 2.37. The van der Waals surface area contributed by atoms with Crippen LogP contribution in [0, 0.1) is 10.1 Å². The molecule has 0 atom stereocenters. The van der Waals surface area contributed by atoms with Gasteiger partial charge in [-0.15, -0.1) is 0 Å². The lowest BCUT2D eigenvalue weighted by atomic mass is 10.1. The summed E-state index contributed by atoms with van der Waals surface area (Å²) in [4.78, 5) is 20.7. The zero-order valence-electron chi connectivity index (χ0n) is 11.2. The number of alkyl halides is 3. The Labute approximate surface area is 118 Å². The molecule has 0 bridgehead atoms. The third-order valence-corrected chi connectivity index (χ3v) is 2.55. The Morgan fingerprint density at radius 3 is 2.57 bits per heavy atom. The zero-order chi connectivity index (χ0) is 16.0. The largest absolute Gasteiger partial charge is 0.423 e. The van der Waals surface area contributed by atoms with Crippen molar-refractivity contribution in [3.8, 4) is 0 Å². The summed E-state index contributed by atoms with van der Waals surface area (Å²) < 4.78 is 38.2. The SMILES string of the molecule is CCNC(=O)CCNc1ccc([N+](=O)[O-])c(C(F)(F)F)c1. The minimum Gasteiger partial charge on any atom is -0.385 e. The summed E-state index contributed by atoms with van der Waals surface area (Å²) in [6, 6.07) is 2.62. The smallest absolute Gasteiger partial charge is 0.385 e. The highest BCUT2D eigenvalue weighted by molar-refractivity contribution is 5.76. The number of nitrogens with one attached hydrogen (secondary N) is 2. The number of carbonyl (C=O) groups excluding carboxylic acids is 1. The maximum Gasteiger partial charge on any atom is 0.423 e. The predicted octanol–water partition coefficient (Wildman–Crippen LogP) is 2.55. The molecule has 1 amide bonds. The molecular weight excluding hydrogens is 291 g/mol. The van der Waals surface area contributed by atoms with Crippen LogP contribution in [-0.2, 0) is 11.0 Å². The number of halogens is 3. The van der Waals surface area contributed by atoms with Crippen molar-refractivity contribution in [3.63, 3.8) is 0 Å². The van der Waals surface area contributed by atoms with Crippen LogP contribution in [0.3, 0.4) is 0 Å². The van der Waals surface area contributed by atoms with Gasteiger partial charge in [-0.05, 0) is 19.1 Å². The second-order valence-corrected chi connectivity index (χ2v) is 4.12. The van der Waals surface area contributed by atoms with Crippen LogP contribution in [0.25, 0.3) is 0 Å². The van der Waals surface area contributed by atoms with E-state index >= 15 is 0 Å². The molecule has 0 fully saturated rings. The Balaban J connectivity index is 2.82. The van der Waals surface area contributed by atoms with Gasteiger partial charge in [-0.3, -0.25) is 14.9 Å². The van der Waals surface area contributed by atoms with E-state index in [1.165, 1.54) is 6.07 Å². The van der Waals surface area contributed by atoms with Crippen molar-refractivity contribution in [2.45, 2.75) is 19.5 Å². The monoisotopic (exact) mass is 305 g/mol. The zero-order valence-corrected chi connectivity index (χ0v) is 11.2. The molecule has 21 heavy (non-hydrogen) atoms. The molecule has 0 unspecified atom stereocenters. The number of hydrogen-bond acceptors (Lipinski definition) is 4. The topological polar surface area (TPSA) is 84.3 Å². The molecule has 1 aromatic rings. The Kier molecular flexibility index (Phi) is 5.51. The minimum absolute atomic E-state index is 0.0669. The molecule has 6 nitrogen and oxygen atoms in total. The summed E-state index contributed by atoms with van der Waals surface area (Å²) in [5.41, 5.74) is -2.26. The number of nitrogens with zero attached hydrogens (tertiary/aromatic N) is 1. The standard InChI is InChI=1S/C12H14F3N3O3/c1-2-16-11(19)5-6-17-8-3-4-10(18(20)21)9(7-8)12(13,14)15/h3-4,7,17H,2,5-6H2,1H3,(H,16,19). The second kappa shape index (κ2) is 6.91. The van der Waals surface area contributed by atoms with Gasteiger partial charge in [-0.2, -0.15) is 13.2 Å². The van der Waals surface area contributed by atoms with Crippen molar-refractivity contribution in [3.05, 3.63) is 33.9 Å². The van der Waals surface area contributed by atoms with Gasteiger partial charge in [0, 0.05) is 31.3 Å². The maximum absolute atomic E-state index is 12.7. The van der Waals surface area contributed by atoms with E-state index in [4.69, 9.17) is 0 Å². The van der Waals surface area contributed by atoms with Gasteiger partial charge in [0.1, 0.15) is 5.56 Å². The first-order valence-corrected chi connectivity index (χ1v) is 6.12. The number of amides is 1. The van der Waals surface area contributed by atoms with Crippen LogP contribution in [0.2, 0.25) is 0 Å². The quantitative estimate of drug-likeness (QED) is 0.625. The van der Waals surface area contributed by atoms with Crippen LogP contribution < -0.4 is 10.6 Å². The second-order valence-electron chi connectivity index (χ2n) is 4.12. The summed E-state index contributed by atoms with van der Waals surface area (Å²) in [5, 5.41) is 15.8. The molecule has 9 heteroatoms. The molecule has 0 spiro atoms. The van der Waals surface area contributed by atoms with Gasteiger partial charge in [0.15, 0.2) is 0 Å². The van der Waals surface area contributed by atoms with E-state index in [1.54, 1.807) is 6.92 Å². The van der Waals surface area contributed by atoms with Crippen LogP contribution in [0.4, 0.5) is 24.5 Å². The van der Waals surface area contributed by atoms with Crippen molar-refractivity contribution in [2.75, 3.05) is 18.4 Å². The molecule has 0 aliphatic heterocycles. The van der Waals surface area contributed by atoms with E-state index in [-0.39, 0.29) is 24.6 Å². The van der Waals surface area contributed by atoms with Gasteiger partial charge in [-0.25, -0.2) is 0 Å². The third kappa shape index (κ3) is 4.93. The lowest BCUT2D eigenvalue weighted by Crippen LogP contribution is -2.24. The highest BCUT2D eigenvalue weighted by Gasteiger charge is 2.38. The fraction of sp³-hybridized carbons (Fsp3) is 0.417. The molecule has 0 aromatic heterocycles. The Bertz CT molecular complexity index is 532. The Morgan fingerprint density at radius 2 is 2.05 bits per heavy atom. The van der Waals surface area contributed by atoms with Gasteiger partial charge in [-0.1, -0.05) is 0 Å². The molecule has 0 aliphatic carbocycles. The van der Waals surface area contributed by atoms with Crippen molar-refractivity contribution >= 4 is 17.3 Å². The number of rotatable bonds is 6. The summed E-state index contributed by atoms with van der Waals surface area (Å²) in [6.07, 6.45) is -4.73. The van der Waals surface area contributed by atoms with Crippen molar-refractivity contribution < 1.29 is 22.9 Å². The molecule has 0 radical (unpaired) electrons. The lowest BCUT2D eigenvalue weighted by molar-refractivity contribution is -0.388. The molecule has 0 saturated heterocycles. The predicted molar refractivity (Wildman–Crippen MR) is 69.9 cm³/mol. The van der Waals surface area contributed by atoms with Crippen LogP contribution in [0.5, 0.6) is 0 Å². The van der Waals surface area contributed by atoms with E-state index in [9.17, 15) is 28.1 Å². The van der Waals surface area contributed by atoms with Gasteiger partial charge in [0.05, 0.1) is 4.92 Å². The van der Waals surface area contributed by atoms with Gasteiger partial charge >= 0.3 is 6.18 Å². The first-order chi connectivity index (χ1) is 9.75. The number of anilines is 1. The Morgan fingerprint density at radius 1 is 1.38 bits per heavy atom. The van der Waals surface area contributed by atoms with E-state index in [2.05, 4.69) is 10.6 Å². The molecule has 0 saturated carbocycles. The third-order valence-electron chi connectivity index (χ3n) is 2.55. The van der Waals surface area contributed by atoms with Crippen molar-refractivity contribution in [1.82, 2.24) is 5.32 Å². The average molecular weight is 305 g/mol. The Hall–Kier alpha value is -2.32. The number of nitro benzene ring substituents is 1. The minimum atomic E-state index is -4.82.